The van der Waals surface area contributed by atoms with Crippen LogP contribution >= 0.6 is 0 Å². The summed E-state index contributed by atoms with van der Waals surface area (Å²) in [6, 6.07) is 7.08. The number of aliphatic hydroxyl groups is 4. The van der Waals surface area contributed by atoms with E-state index < -0.39 is 48.7 Å². The highest BCUT2D eigenvalue weighted by molar-refractivity contribution is 5.48. The van der Waals surface area contributed by atoms with Crippen molar-refractivity contribution in [2.24, 2.45) is 11.8 Å². The van der Waals surface area contributed by atoms with Gasteiger partial charge in [-0.2, -0.15) is 10.1 Å². The number of nitriles is 1. The van der Waals surface area contributed by atoms with Crippen LogP contribution in [0.5, 0.6) is 5.75 Å². The molecule has 0 radical (unpaired) electrons. The van der Waals surface area contributed by atoms with Gasteiger partial charge < -0.3 is 34.6 Å². The Hall–Kier alpha value is -2.07. The fourth-order valence-corrected chi connectivity index (χ4v) is 7.54. The number of hydrogen-bond acceptors (Lipinski definition) is 10. The minimum atomic E-state index is -1.61. The van der Waals surface area contributed by atoms with Gasteiger partial charge in [-0.1, -0.05) is 23.6 Å². The highest BCUT2D eigenvalue weighted by Crippen LogP contribution is 2.66. The van der Waals surface area contributed by atoms with Crippen LogP contribution in [0.4, 0.5) is 0 Å². The molecule has 2 bridgehead atoms. The molecule has 10 nitrogen and oxygen atoms in total. The number of fused-ring (bicyclic) bond motifs is 1. The van der Waals surface area contributed by atoms with E-state index in [0.717, 1.165) is 38.5 Å². The van der Waals surface area contributed by atoms with E-state index in [0.29, 0.717) is 5.56 Å². The second kappa shape index (κ2) is 9.84. The van der Waals surface area contributed by atoms with Crippen molar-refractivity contribution in [3.63, 3.8) is 0 Å². The number of rotatable bonds is 5. The van der Waals surface area contributed by atoms with E-state index in [1.54, 1.807) is 30.9 Å². The van der Waals surface area contributed by atoms with Gasteiger partial charge in [-0.15, -0.1) is 0 Å². The largest absolute Gasteiger partial charge is 0.461 e. The zero-order valence-electron chi connectivity index (χ0n) is 21.4. The molecule has 2 heterocycles. The molecule has 38 heavy (non-hydrogen) atoms. The predicted molar refractivity (Wildman–Crippen MR) is 130 cm³/mol. The Balaban J connectivity index is 1.37. The van der Waals surface area contributed by atoms with E-state index in [-0.39, 0.29) is 23.1 Å². The zero-order chi connectivity index (χ0) is 26.7. The SMILES string of the molecule is COC1(c2ccc(C#N)c(O[C@@H]3OC(CO)[C@H](O)C(O)[C@@H]3O)c2)OOC12C1CCCC2C2=C(CCCC2)C1. The zero-order valence-corrected chi connectivity index (χ0v) is 21.4. The molecule has 9 atom stereocenters. The molecule has 6 rings (SSSR count). The lowest BCUT2D eigenvalue weighted by Gasteiger charge is -2.65. The summed E-state index contributed by atoms with van der Waals surface area (Å²) in [5, 5.41) is 50.1. The van der Waals surface area contributed by atoms with Crippen molar-refractivity contribution in [2.75, 3.05) is 13.7 Å². The molecule has 206 valence electrons. The Morgan fingerprint density at radius 3 is 2.58 bits per heavy atom. The van der Waals surface area contributed by atoms with Crippen LogP contribution in [0.25, 0.3) is 0 Å². The fourth-order valence-electron chi connectivity index (χ4n) is 7.54. The lowest BCUT2D eigenvalue weighted by Crippen LogP contribution is -2.74. The van der Waals surface area contributed by atoms with Crippen LogP contribution in [0.3, 0.4) is 0 Å². The van der Waals surface area contributed by atoms with Gasteiger partial charge in [-0.25, -0.2) is 4.89 Å². The van der Waals surface area contributed by atoms with Gasteiger partial charge in [-0.3, -0.25) is 0 Å². The molecule has 2 aliphatic heterocycles. The van der Waals surface area contributed by atoms with Crippen LogP contribution in [0, 0.1) is 23.2 Å². The van der Waals surface area contributed by atoms with E-state index in [1.807, 2.05) is 0 Å². The van der Waals surface area contributed by atoms with Gasteiger partial charge in [-0.05, 0) is 57.1 Å². The molecule has 6 unspecified atom stereocenters. The minimum absolute atomic E-state index is 0.0925. The quantitative estimate of drug-likeness (QED) is 0.329. The third-order valence-electron chi connectivity index (χ3n) is 9.38. The number of ether oxygens (including phenoxy) is 3. The van der Waals surface area contributed by atoms with Crippen molar-refractivity contribution in [1.82, 2.24) is 0 Å². The average Bonchev–Trinajstić information content (AvgIpc) is 2.93. The van der Waals surface area contributed by atoms with Crippen molar-refractivity contribution >= 4 is 0 Å². The maximum Gasteiger partial charge on any atom is 0.261 e. The van der Waals surface area contributed by atoms with Crippen molar-refractivity contribution in [3.8, 4) is 11.8 Å². The molecule has 10 heteroatoms. The summed E-state index contributed by atoms with van der Waals surface area (Å²) >= 11 is 0. The maximum absolute atomic E-state index is 10.5. The monoisotopic (exact) mass is 529 g/mol. The molecule has 0 amide bonds. The molecule has 3 fully saturated rings. The van der Waals surface area contributed by atoms with Gasteiger partial charge in [0, 0.05) is 24.5 Å². The van der Waals surface area contributed by atoms with Crippen LogP contribution in [-0.2, 0) is 25.0 Å². The molecule has 1 saturated carbocycles. The number of allylic oxidation sites excluding steroid dienone is 1. The van der Waals surface area contributed by atoms with Crippen molar-refractivity contribution in [1.29, 1.82) is 5.26 Å². The van der Waals surface area contributed by atoms with Gasteiger partial charge in [0.05, 0.1) is 12.2 Å². The molecule has 4 N–H and O–H groups in total. The number of nitrogens with zero attached hydrogens (tertiary/aromatic N) is 1. The lowest BCUT2D eigenvalue weighted by molar-refractivity contribution is -0.639. The average molecular weight is 530 g/mol. The molecule has 0 aromatic heterocycles. The molecular formula is C28H35NO9. The molecule has 1 aromatic carbocycles. The summed E-state index contributed by atoms with van der Waals surface area (Å²) in [6.45, 7) is -0.586. The number of aliphatic hydroxyl groups excluding tert-OH is 4. The van der Waals surface area contributed by atoms with Gasteiger partial charge in [0.1, 0.15) is 36.2 Å². The maximum atomic E-state index is 10.5. The number of benzene rings is 1. The van der Waals surface area contributed by atoms with Crippen molar-refractivity contribution in [2.45, 2.75) is 93.5 Å². The Morgan fingerprint density at radius 2 is 1.87 bits per heavy atom. The standard InChI is InChI=1S/C28H35NO9/c1-34-28(27(37-38-28)17-6-4-8-20(27)19-7-3-2-5-15(19)11-17)18-10-9-16(13-29)21(12-18)35-26-25(33)24(32)23(31)22(14-30)36-26/h9-10,12,17,20,22-26,30-33H,2-8,11,14H2,1H3/t17?,20?,22?,23-,24?,25-,26+,27?,28?/m0/s1. The normalized spacial score (nSPS) is 42.3. The molecular weight excluding hydrogens is 494 g/mol. The highest BCUT2D eigenvalue weighted by atomic mass is 17.3. The topological polar surface area (TPSA) is 151 Å². The fraction of sp³-hybridized carbons (Fsp3) is 0.679. The Kier molecular flexibility index (Phi) is 6.78. The van der Waals surface area contributed by atoms with Gasteiger partial charge in [0.25, 0.3) is 5.79 Å². The first-order valence-corrected chi connectivity index (χ1v) is 13.5. The summed E-state index contributed by atoms with van der Waals surface area (Å²) in [4.78, 5) is 12.0. The summed E-state index contributed by atoms with van der Waals surface area (Å²) in [5.74, 6) is -0.739. The van der Waals surface area contributed by atoms with Gasteiger partial charge in [0.2, 0.25) is 6.29 Å². The van der Waals surface area contributed by atoms with Crippen LogP contribution in [-0.4, -0.2) is 70.4 Å². The first-order chi connectivity index (χ1) is 18.4. The Morgan fingerprint density at radius 1 is 1.05 bits per heavy atom. The second-order valence-corrected chi connectivity index (χ2v) is 11.1. The van der Waals surface area contributed by atoms with Gasteiger partial charge in [0.15, 0.2) is 5.60 Å². The lowest BCUT2D eigenvalue weighted by atomic mass is 9.53. The molecule has 5 aliphatic rings. The van der Waals surface area contributed by atoms with Crippen molar-refractivity contribution < 1.29 is 44.4 Å². The second-order valence-electron chi connectivity index (χ2n) is 11.1. The molecule has 1 aromatic rings. The van der Waals surface area contributed by atoms with Gasteiger partial charge >= 0.3 is 0 Å². The van der Waals surface area contributed by atoms with Crippen LogP contribution in [0.2, 0.25) is 0 Å². The number of methoxy groups -OCH3 is 1. The van der Waals surface area contributed by atoms with Crippen LogP contribution in [0.1, 0.15) is 62.5 Å². The van der Waals surface area contributed by atoms with E-state index >= 15 is 0 Å². The van der Waals surface area contributed by atoms with E-state index in [9.17, 15) is 25.7 Å². The highest BCUT2D eigenvalue weighted by Gasteiger charge is 2.75. The van der Waals surface area contributed by atoms with Crippen molar-refractivity contribution in [3.05, 3.63) is 40.5 Å². The van der Waals surface area contributed by atoms with E-state index in [4.69, 9.17) is 24.0 Å². The third kappa shape index (κ3) is 3.61. The smallest absolute Gasteiger partial charge is 0.261 e. The first-order valence-electron chi connectivity index (χ1n) is 13.5. The third-order valence-corrected chi connectivity index (χ3v) is 9.38. The Bertz CT molecular complexity index is 1140. The summed E-state index contributed by atoms with van der Waals surface area (Å²) in [6.07, 6.45) is 1.41. The predicted octanol–water partition coefficient (Wildman–Crippen LogP) is 1.93. The first kappa shape index (κ1) is 26.2. The Labute approximate surface area is 221 Å². The molecule has 3 aliphatic carbocycles. The summed E-state index contributed by atoms with van der Waals surface area (Å²) in [7, 11) is 1.60. The molecule has 1 spiro atoms. The van der Waals surface area contributed by atoms with Crippen LogP contribution < -0.4 is 4.74 Å². The van der Waals surface area contributed by atoms with E-state index in [2.05, 4.69) is 6.07 Å². The molecule has 2 saturated heterocycles. The summed E-state index contributed by atoms with van der Waals surface area (Å²) in [5.41, 5.74) is 3.14. The van der Waals surface area contributed by atoms with E-state index in [1.165, 1.54) is 18.4 Å². The van der Waals surface area contributed by atoms with Crippen LogP contribution in [0.15, 0.2) is 29.3 Å². The summed E-state index contributed by atoms with van der Waals surface area (Å²) < 4.78 is 17.6. The minimum Gasteiger partial charge on any atom is -0.461 e. The number of hydrogen-bond donors (Lipinski definition) is 4.